The fraction of sp³-hybridized carbons (Fsp3) is 1.00. The van der Waals surface area contributed by atoms with E-state index in [1.165, 1.54) is 44.1 Å². The molecule has 2 atom stereocenters. The fourth-order valence-electron chi connectivity index (χ4n) is 2.47. The molecule has 0 aromatic carbocycles. The Morgan fingerprint density at radius 3 is 2.77 bits per heavy atom. The first-order valence-corrected chi connectivity index (χ1v) is 6.59. The Morgan fingerprint density at radius 2 is 2.08 bits per heavy atom. The monoisotopic (exact) mass is 200 g/mol. The normalized spacial score (nSPS) is 36.7. The van der Waals surface area contributed by atoms with Crippen molar-refractivity contribution >= 4 is 11.8 Å². The van der Waals surface area contributed by atoms with Gasteiger partial charge in [0, 0.05) is 37.2 Å². The summed E-state index contributed by atoms with van der Waals surface area (Å²) in [5.74, 6) is 3.59. The Balaban J connectivity index is 1.90. The van der Waals surface area contributed by atoms with Gasteiger partial charge in [0.25, 0.3) is 0 Å². The van der Waals surface area contributed by atoms with Crippen LogP contribution in [0.3, 0.4) is 0 Å². The first-order valence-electron chi connectivity index (χ1n) is 5.44. The summed E-state index contributed by atoms with van der Waals surface area (Å²) >= 11 is 2.10. The molecule has 2 nitrogen and oxygen atoms in total. The van der Waals surface area contributed by atoms with Gasteiger partial charge in [0.15, 0.2) is 0 Å². The van der Waals surface area contributed by atoms with E-state index < -0.39 is 0 Å². The lowest BCUT2D eigenvalue weighted by Gasteiger charge is -2.34. The van der Waals surface area contributed by atoms with Gasteiger partial charge in [0.1, 0.15) is 0 Å². The van der Waals surface area contributed by atoms with E-state index in [-0.39, 0.29) is 0 Å². The van der Waals surface area contributed by atoms with Gasteiger partial charge in [-0.3, -0.25) is 4.90 Å². The van der Waals surface area contributed by atoms with Crippen molar-refractivity contribution in [1.29, 1.82) is 0 Å². The van der Waals surface area contributed by atoms with Gasteiger partial charge in [-0.25, -0.2) is 0 Å². The van der Waals surface area contributed by atoms with Crippen LogP contribution in [-0.4, -0.2) is 48.6 Å². The van der Waals surface area contributed by atoms with Gasteiger partial charge in [-0.05, 0) is 12.5 Å². The zero-order valence-corrected chi connectivity index (χ0v) is 9.28. The summed E-state index contributed by atoms with van der Waals surface area (Å²) in [6.07, 6.45) is 1.33. The van der Waals surface area contributed by atoms with Crippen molar-refractivity contribution in [3.63, 3.8) is 0 Å². The number of hydrogen-bond acceptors (Lipinski definition) is 3. The van der Waals surface area contributed by atoms with Crippen LogP contribution in [0.4, 0.5) is 0 Å². The van der Waals surface area contributed by atoms with Crippen LogP contribution in [0.5, 0.6) is 0 Å². The van der Waals surface area contributed by atoms with Crippen molar-refractivity contribution in [3.8, 4) is 0 Å². The molecule has 2 fully saturated rings. The summed E-state index contributed by atoms with van der Waals surface area (Å²) in [5.41, 5.74) is 0. The molecule has 2 aliphatic rings. The highest BCUT2D eigenvalue weighted by atomic mass is 32.2. The molecule has 3 heteroatoms. The number of nitrogens with one attached hydrogen (secondary N) is 1. The molecule has 2 aliphatic heterocycles. The fourth-order valence-corrected chi connectivity index (χ4v) is 3.40. The van der Waals surface area contributed by atoms with Crippen LogP contribution < -0.4 is 5.32 Å². The van der Waals surface area contributed by atoms with Crippen LogP contribution in [0.2, 0.25) is 0 Å². The molecule has 0 amide bonds. The van der Waals surface area contributed by atoms with Gasteiger partial charge in [-0.15, -0.1) is 0 Å². The zero-order chi connectivity index (χ0) is 9.10. The van der Waals surface area contributed by atoms with Crippen LogP contribution in [0.1, 0.15) is 13.3 Å². The number of nitrogens with zero attached hydrogens (tertiary/aromatic N) is 1. The van der Waals surface area contributed by atoms with Gasteiger partial charge in [0.2, 0.25) is 0 Å². The maximum atomic E-state index is 3.52. The lowest BCUT2D eigenvalue weighted by molar-refractivity contribution is 0.186. The smallest absolute Gasteiger partial charge is 0.0261 e. The van der Waals surface area contributed by atoms with E-state index >= 15 is 0 Å². The van der Waals surface area contributed by atoms with Crippen LogP contribution >= 0.6 is 11.8 Å². The Bertz CT molecular complexity index is 157. The van der Waals surface area contributed by atoms with E-state index in [1.54, 1.807) is 0 Å². The van der Waals surface area contributed by atoms with Crippen molar-refractivity contribution in [3.05, 3.63) is 0 Å². The van der Waals surface area contributed by atoms with Crippen molar-refractivity contribution in [2.75, 3.05) is 37.7 Å². The number of hydrogen-bond donors (Lipinski definition) is 1. The molecule has 0 spiro atoms. The van der Waals surface area contributed by atoms with Crippen molar-refractivity contribution in [1.82, 2.24) is 10.2 Å². The second-order valence-electron chi connectivity index (χ2n) is 4.04. The number of thioether (sulfide) groups is 1. The standard InChI is InChI=1S/C10H20N2S/c1-2-9-7-11-8-10(9)12-3-5-13-6-4-12/h9-11H,2-8H2,1H3. The molecule has 2 unspecified atom stereocenters. The molecule has 0 bridgehead atoms. The lowest BCUT2D eigenvalue weighted by atomic mass is 9.99. The molecule has 2 saturated heterocycles. The van der Waals surface area contributed by atoms with Crippen LogP contribution in [-0.2, 0) is 0 Å². The first kappa shape index (κ1) is 9.81. The molecule has 1 N–H and O–H groups in total. The van der Waals surface area contributed by atoms with E-state index in [1.807, 2.05) is 0 Å². The first-order chi connectivity index (χ1) is 6.42. The molecule has 2 heterocycles. The molecule has 76 valence electrons. The zero-order valence-electron chi connectivity index (χ0n) is 8.46. The summed E-state index contributed by atoms with van der Waals surface area (Å²) in [5, 5.41) is 3.52. The highest BCUT2D eigenvalue weighted by molar-refractivity contribution is 7.99. The van der Waals surface area contributed by atoms with E-state index in [0.717, 1.165) is 12.0 Å². The van der Waals surface area contributed by atoms with Crippen LogP contribution in [0.25, 0.3) is 0 Å². The highest BCUT2D eigenvalue weighted by Gasteiger charge is 2.31. The summed E-state index contributed by atoms with van der Waals surface area (Å²) in [6, 6.07) is 0.839. The third kappa shape index (κ3) is 2.20. The van der Waals surface area contributed by atoms with E-state index in [9.17, 15) is 0 Å². The van der Waals surface area contributed by atoms with Gasteiger partial charge in [-0.2, -0.15) is 11.8 Å². The minimum absolute atomic E-state index is 0.839. The Labute approximate surface area is 85.4 Å². The predicted octanol–water partition coefficient (Wildman–Crippen LogP) is 1.03. The Hall–Kier alpha value is 0.270. The maximum absolute atomic E-state index is 3.52. The quantitative estimate of drug-likeness (QED) is 0.717. The molecule has 0 aliphatic carbocycles. The largest absolute Gasteiger partial charge is 0.315 e. The minimum atomic E-state index is 0.839. The van der Waals surface area contributed by atoms with Crippen LogP contribution in [0.15, 0.2) is 0 Å². The van der Waals surface area contributed by atoms with E-state index in [4.69, 9.17) is 0 Å². The molecular weight excluding hydrogens is 180 g/mol. The maximum Gasteiger partial charge on any atom is 0.0261 e. The van der Waals surface area contributed by atoms with Gasteiger partial charge < -0.3 is 5.32 Å². The Kier molecular flexibility index (Phi) is 3.52. The van der Waals surface area contributed by atoms with E-state index in [0.29, 0.717) is 0 Å². The van der Waals surface area contributed by atoms with Crippen molar-refractivity contribution in [2.24, 2.45) is 5.92 Å². The second kappa shape index (κ2) is 4.67. The molecule has 2 rings (SSSR count). The third-order valence-electron chi connectivity index (χ3n) is 3.34. The average molecular weight is 200 g/mol. The Morgan fingerprint density at radius 1 is 1.31 bits per heavy atom. The lowest BCUT2D eigenvalue weighted by Crippen LogP contribution is -2.45. The molecule has 0 radical (unpaired) electrons. The van der Waals surface area contributed by atoms with Crippen molar-refractivity contribution < 1.29 is 0 Å². The molecule has 0 aromatic heterocycles. The topological polar surface area (TPSA) is 15.3 Å². The van der Waals surface area contributed by atoms with Gasteiger partial charge in [0.05, 0.1) is 0 Å². The summed E-state index contributed by atoms with van der Waals surface area (Å²) in [6.45, 7) is 7.42. The van der Waals surface area contributed by atoms with Gasteiger partial charge >= 0.3 is 0 Å². The molecule has 0 saturated carbocycles. The SMILES string of the molecule is CCC1CNCC1N1CCSCC1. The molecular formula is C10H20N2S. The summed E-state index contributed by atoms with van der Waals surface area (Å²) < 4.78 is 0. The average Bonchev–Trinajstić information content (AvgIpc) is 2.67. The highest BCUT2D eigenvalue weighted by Crippen LogP contribution is 2.22. The third-order valence-corrected chi connectivity index (χ3v) is 4.29. The summed E-state index contributed by atoms with van der Waals surface area (Å²) in [4.78, 5) is 2.70. The second-order valence-corrected chi connectivity index (χ2v) is 5.27. The van der Waals surface area contributed by atoms with Gasteiger partial charge in [-0.1, -0.05) is 13.3 Å². The van der Waals surface area contributed by atoms with Crippen LogP contribution in [0, 0.1) is 5.92 Å². The predicted molar refractivity (Wildman–Crippen MR) is 59.3 cm³/mol. The molecule has 13 heavy (non-hydrogen) atoms. The summed E-state index contributed by atoms with van der Waals surface area (Å²) in [7, 11) is 0. The molecule has 0 aromatic rings. The van der Waals surface area contributed by atoms with E-state index in [2.05, 4.69) is 28.9 Å². The number of rotatable bonds is 2. The van der Waals surface area contributed by atoms with Crippen molar-refractivity contribution in [2.45, 2.75) is 19.4 Å². The minimum Gasteiger partial charge on any atom is -0.315 e.